The first-order valence-corrected chi connectivity index (χ1v) is 4.98. The summed E-state index contributed by atoms with van der Waals surface area (Å²) in [6, 6.07) is 0. The molecular formula is C11H12N4O. The average Bonchev–Trinajstić information content (AvgIpc) is 2.84. The van der Waals surface area contributed by atoms with Gasteiger partial charge >= 0.3 is 0 Å². The Kier molecular flexibility index (Phi) is 3.40. The molecule has 0 aliphatic carbocycles. The Hall–Kier alpha value is -2.01. The van der Waals surface area contributed by atoms with Crippen molar-refractivity contribution in [2.75, 3.05) is 6.61 Å². The predicted octanol–water partition coefficient (Wildman–Crippen LogP) is 1.06. The molecule has 5 heteroatoms. The van der Waals surface area contributed by atoms with Crippen LogP contribution in [0.4, 0.5) is 0 Å². The van der Waals surface area contributed by atoms with E-state index in [1.807, 2.05) is 12.2 Å². The molecule has 0 radical (unpaired) electrons. The van der Waals surface area contributed by atoms with Crippen LogP contribution in [0.3, 0.4) is 0 Å². The maximum Gasteiger partial charge on any atom is 0.234 e. The van der Waals surface area contributed by atoms with E-state index in [0.717, 1.165) is 5.56 Å². The second kappa shape index (κ2) is 5.18. The molecule has 0 amide bonds. The lowest BCUT2D eigenvalue weighted by Gasteiger charge is -1.99. The van der Waals surface area contributed by atoms with Crippen LogP contribution in [0, 0.1) is 0 Å². The molecule has 2 aromatic rings. The minimum Gasteiger partial charge on any atom is -0.396 e. The zero-order valence-corrected chi connectivity index (χ0v) is 8.69. The van der Waals surface area contributed by atoms with Gasteiger partial charge in [0.15, 0.2) is 0 Å². The quantitative estimate of drug-likeness (QED) is 0.830. The van der Waals surface area contributed by atoms with Gasteiger partial charge in [0.2, 0.25) is 5.95 Å². The van der Waals surface area contributed by atoms with Gasteiger partial charge in [-0.25, -0.2) is 15.0 Å². The fourth-order valence-corrected chi connectivity index (χ4v) is 1.22. The molecule has 0 bridgehead atoms. The highest BCUT2D eigenvalue weighted by Crippen LogP contribution is 2.03. The summed E-state index contributed by atoms with van der Waals surface area (Å²) in [4.78, 5) is 12.3. The second-order valence-electron chi connectivity index (χ2n) is 3.20. The van der Waals surface area contributed by atoms with Crippen molar-refractivity contribution in [2.45, 2.75) is 6.42 Å². The van der Waals surface area contributed by atoms with Gasteiger partial charge in [-0.1, -0.05) is 12.2 Å². The molecule has 82 valence electrons. The number of imidazole rings is 1. The fourth-order valence-electron chi connectivity index (χ4n) is 1.22. The normalized spacial score (nSPS) is 11.1. The van der Waals surface area contributed by atoms with E-state index in [2.05, 4.69) is 15.0 Å². The Morgan fingerprint density at radius 3 is 2.75 bits per heavy atom. The van der Waals surface area contributed by atoms with Gasteiger partial charge in [0, 0.05) is 37.0 Å². The minimum atomic E-state index is 0.157. The molecule has 0 fully saturated rings. The van der Waals surface area contributed by atoms with Crippen LogP contribution in [0.5, 0.6) is 0 Å². The van der Waals surface area contributed by atoms with Crippen molar-refractivity contribution in [3.05, 3.63) is 42.8 Å². The summed E-state index contributed by atoms with van der Waals surface area (Å²) in [5.74, 6) is 0.594. The van der Waals surface area contributed by atoms with E-state index in [9.17, 15) is 0 Å². The van der Waals surface area contributed by atoms with E-state index in [1.54, 1.807) is 35.7 Å². The van der Waals surface area contributed by atoms with E-state index in [4.69, 9.17) is 5.11 Å². The lowest BCUT2D eigenvalue weighted by atomic mass is 10.3. The smallest absolute Gasteiger partial charge is 0.234 e. The van der Waals surface area contributed by atoms with Crippen LogP contribution >= 0.6 is 0 Å². The number of hydrogen-bond donors (Lipinski definition) is 1. The lowest BCUT2D eigenvalue weighted by Crippen LogP contribution is -1.97. The van der Waals surface area contributed by atoms with Gasteiger partial charge < -0.3 is 5.11 Å². The molecule has 0 saturated carbocycles. The number of hydrogen-bond acceptors (Lipinski definition) is 4. The van der Waals surface area contributed by atoms with Gasteiger partial charge in [0.05, 0.1) is 0 Å². The maximum atomic E-state index is 8.62. The van der Waals surface area contributed by atoms with Crippen LogP contribution in [-0.4, -0.2) is 31.2 Å². The van der Waals surface area contributed by atoms with Crippen LogP contribution in [0.1, 0.15) is 12.0 Å². The first kappa shape index (κ1) is 10.5. The van der Waals surface area contributed by atoms with Crippen LogP contribution in [0.15, 0.2) is 37.2 Å². The highest BCUT2D eigenvalue weighted by atomic mass is 16.2. The molecule has 0 aromatic carbocycles. The summed E-state index contributed by atoms with van der Waals surface area (Å²) < 4.78 is 1.74. The van der Waals surface area contributed by atoms with Gasteiger partial charge in [-0.05, 0) is 6.42 Å². The molecule has 1 N–H and O–H groups in total. The molecule has 0 unspecified atom stereocenters. The maximum absolute atomic E-state index is 8.62. The van der Waals surface area contributed by atoms with Crippen molar-refractivity contribution in [2.24, 2.45) is 0 Å². The average molecular weight is 216 g/mol. The minimum absolute atomic E-state index is 0.157. The molecule has 5 nitrogen and oxygen atoms in total. The van der Waals surface area contributed by atoms with E-state index in [1.165, 1.54) is 0 Å². The Bertz CT molecular complexity index is 447. The van der Waals surface area contributed by atoms with E-state index >= 15 is 0 Å². The van der Waals surface area contributed by atoms with Crippen LogP contribution in [0.25, 0.3) is 12.0 Å². The summed E-state index contributed by atoms with van der Waals surface area (Å²) in [6.07, 6.45) is 13.0. The summed E-state index contributed by atoms with van der Waals surface area (Å²) in [6.45, 7) is 0.157. The molecule has 16 heavy (non-hydrogen) atoms. The molecule has 0 atom stereocenters. The molecule has 0 aliphatic rings. The van der Waals surface area contributed by atoms with Gasteiger partial charge in [-0.3, -0.25) is 4.57 Å². The zero-order valence-electron chi connectivity index (χ0n) is 8.69. The summed E-state index contributed by atoms with van der Waals surface area (Å²) in [5, 5.41) is 8.62. The largest absolute Gasteiger partial charge is 0.396 e. The number of rotatable bonds is 4. The lowest BCUT2D eigenvalue weighted by molar-refractivity contribution is 0.303. The van der Waals surface area contributed by atoms with Crippen molar-refractivity contribution in [3.63, 3.8) is 0 Å². The molecule has 2 aromatic heterocycles. The molecule has 2 heterocycles. The Morgan fingerprint density at radius 2 is 2.12 bits per heavy atom. The zero-order chi connectivity index (χ0) is 11.2. The molecule has 0 saturated heterocycles. The van der Waals surface area contributed by atoms with Crippen LogP contribution in [-0.2, 0) is 0 Å². The highest BCUT2D eigenvalue weighted by molar-refractivity contribution is 5.46. The standard InChI is InChI=1S/C11H12N4O/c16-6-2-1-3-10-7-13-11(14-8-10)15-5-4-12-9-15/h1,3-5,7-9,16H,2,6H2. The van der Waals surface area contributed by atoms with Crippen LogP contribution in [0.2, 0.25) is 0 Å². The van der Waals surface area contributed by atoms with Crippen LogP contribution < -0.4 is 0 Å². The molecule has 0 spiro atoms. The highest BCUT2D eigenvalue weighted by Gasteiger charge is 1.97. The summed E-state index contributed by atoms with van der Waals surface area (Å²) in [5.41, 5.74) is 0.914. The molecule has 2 rings (SSSR count). The topological polar surface area (TPSA) is 63.8 Å². The van der Waals surface area contributed by atoms with E-state index in [-0.39, 0.29) is 6.61 Å². The number of aliphatic hydroxyl groups excluding tert-OH is 1. The monoisotopic (exact) mass is 216 g/mol. The van der Waals surface area contributed by atoms with Crippen molar-refractivity contribution in [1.82, 2.24) is 19.5 Å². The van der Waals surface area contributed by atoms with Gasteiger partial charge in [0.25, 0.3) is 0 Å². The van der Waals surface area contributed by atoms with Crippen molar-refractivity contribution < 1.29 is 5.11 Å². The third-order valence-corrected chi connectivity index (χ3v) is 2.00. The molecule has 0 aliphatic heterocycles. The first-order chi connectivity index (χ1) is 7.90. The van der Waals surface area contributed by atoms with Crippen molar-refractivity contribution in [3.8, 4) is 5.95 Å². The number of nitrogens with zero attached hydrogens (tertiary/aromatic N) is 4. The Labute approximate surface area is 93.1 Å². The number of aliphatic hydroxyl groups is 1. The third kappa shape index (κ3) is 2.52. The number of aromatic nitrogens is 4. The third-order valence-electron chi connectivity index (χ3n) is 2.00. The summed E-state index contributed by atoms with van der Waals surface area (Å²) in [7, 11) is 0. The van der Waals surface area contributed by atoms with Gasteiger partial charge in [0.1, 0.15) is 6.33 Å². The van der Waals surface area contributed by atoms with E-state index < -0.39 is 0 Å². The second-order valence-corrected chi connectivity index (χ2v) is 3.20. The van der Waals surface area contributed by atoms with Crippen molar-refractivity contribution >= 4 is 6.08 Å². The molecular weight excluding hydrogens is 204 g/mol. The fraction of sp³-hybridized carbons (Fsp3) is 0.182. The summed E-state index contributed by atoms with van der Waals surface area (Å²) >= 11 is 0. The first-order valence-electron chi connectivity index (χ1n) is 4.98. The van der Waals surface area contributed by atoms with Gasteiger partial charge in [-0.15, -0.1) is 0 Å². The van der Waals surface area contributed by atoms with E-state index in [0.29, 0.717) is 12.4 Å². The van der Waals surface area contributed by atoms with Crippen molar-refractivity contribution in [1.29, 1.82) is 0 Å². The SMILES string of the molecule is OCCC=Cc1cnc(-n2ccnc2)nc1. The predicted molar refractivity (Wildman–Crippen MR) is 59.9 cm³/mol. The van der Waals surface area contributed by atoms with Gasteiger partial charge in [-0.2, -0.15) is 0 Å². The Balaban J connectivity index is 2.11. The Morgan fingerprint density at radius 1 is 1.31 bits per heavy atom.